The van der Waals surface area contributed by atoms with Gasteiger partial charge in [-0.1, -0.05) is 6.07 Å². The van der Waals surface area contributed by atoms with Crippen molar-refractivity contribution in [2.75, 3.05) is 6.26 Å². The third-order valence-electron chi connectivity index (χ3n) is 3.05. The van der Waals surface area contributed by atoms with Crippen molar-refractivity contribution in [3.8, 4) is 5.82 Å². The van der Waals surface area contributed by atoms with Crippen molar-refractivity contribution < 1.29 is 13.2 Å². The van der Waals surface area contributed by atoms with E-state index in [9.17, 15) is 13.2 Å². The molecule has 0 aliphatic rings. The molecule has 0 fully saturated rings. The predicted molar refractivity (Wildman–Crippen MR) is 77.5 cm³/mol. The van der Waals surface area contributed by atoms with Gasteiger partial charge in [-0.25, -0.2) is 18.1 Å². The van der Waals surface area contributed by atoms with Crippen LogP contribution in [0.4, 0.5) is 0 Å². The molecular formula is C13H16N4O3S. The quantitative estimate of drug-likeness (QED) is 0.858. The Labute approximate surface area is 122 Å². The van der Waals surface area contributed by atoms with Crippen LogP contribution in [-0.2, 0) is 21.2 Å². The van der Waals surface area contributed by atoms with E-state index in [4.69, 9.17) is 0 Å². The first-order valence-electron chi connectivity index (χ1n) is 6.30. The molecule has 2 rings (SSSR count). The summed E-state index contributed by atoms with van der Waals surface area (Å²) in [6.45, 7) is 1.55. The van der Waals surface area contributed by atoms with Gasteiger partial charge in [0.05, 0.1) is 0 Å². The minimum Gasteiger partial charge on any atom is -0.351 e. The second kappa shape index (κ2) is 6.04. The second-order valence-corrected chi connectivity index (χ2v) is 6.99. The number of nitrogens with zero attached hydrogens (tertiary/aromatic N) is 3. The Balaban J connectivity index is 2.13. The molecule has 0 bridgehead atoms. The fourth-order valence-electron chi connectivity index (χ4n) is 1.69. The number of rotatable bonds is 5. The number of hydrogen-bond donors (Lipinski definition) is 1. The molecule has 0 spiro atoms. The zero-order chi connectivity index (χ0) is 15.5. The van der Waals surface area contributed by atoms with Gasteiger partial charge in [0.2, 0.25) is 5.91 Å². The summed E-state index contributed by atoms with van der Waals surface area (Å²) in [6, 6.07) is 5.31. The molecule has 112 valence electrons. The Bertz CT molecular complexity index is 726. The summed E-state index contributed by atoms with van der Waals surface area (Å²) in [5.74, 6) is 0.0579. The highest BCUT2D eigenvalue weighted by atomic mass is 32.2. The molecular weight excluding hydrogens is 292 g/mol. The lowest BCUT2D eigenvalue weighted by Gasteiger charge is -2.12. The molecule has 1 N–H and O–H groups in total. The van der Waals surface area contributed by atoms with Crippen LogP contribution in [-0.4, -0.2) is 40.6 Å². The van der Waals surface area contributed by atoms with E-state index in [0.717, 1.165) is 11.8 Å². The number of carbonyl (C=O) groups is 1. The Kier molecular flexibility index (Phi) is 4.37. The lowest BCUT2D eigenvalue weighted by Crippen LogP contribution is -2.37. The molecule has 1 atom stereocenters. The van der Waals surface area contributed by atoms with Gasteiger partial charge in [0.25, 0.3) is 0 Å². The van der Waals surface area contributed by atoms with Gasteiger partial charge in [-0.3, -0.25) is 4.79 Å². The van der Waals surface area contributed by atoms with E-state index in [-0.39, 0.29) is 6.54 Å². The van der Waals surface area contributed by atoms with E-state index < -0.39 is 21.0 Å². The van der Waals surface area contributed by atoms with Crippen molar-refractivity contribution in [2.45, 2.75) is 18.7 Å². The van der Waals surface area contributed by atoms with Crippen molar-refractivity contribution in [1.82, 2.24) is 20.1 Å². The number of sulfone groups is 1. The minimum atomic E-state index is -3.40. The normalized spacial score (nSPS) is 12.9. The van der Waals surface area contributed by atoms with Crippen LogP contribution in [0.25, 0.3) is 5.82 Å². The van der Waals surface area contributed by atoms with Crippen LogP contribution in [0.5, 0.6) is 0 Å². The summed E-state index contributed by atoms with van der Waals surface area (Å²) < 4.78 is 24.3. The van der Waals surface area contributed by atoms with Gasteiger partial charge in [-0.15, -0.1) is 0 Å². The zero-order valence-electron chi connectivity index (χ0n) is 11.7. The highest BCUT2D eigenvalue weighted by molar-refractivity contribution is 7.92. The Morgan fingerprint density at radius 1 is 1.38 bits per heavy atom. The summed E-state index contributed by atoms with van der Waals surface area (Å²) >= 11 is 0. The lowest BCUT2D eigenvalue weighted by molar-refractivity contribution is -0.120. The number of carbonyl (C=O) groups excluding carboxylic acids is 1. The maximum absolute atomic E-state index is 11.8. The van der Waals surface area contributed by atoms with Crippen LogP contribution in [0.1, 0.15) is 12.5 Å². The molecule has 0 radical (unpaired) electrons. The third-order valence-corrected chi connectivity index (χ3v) is 4.55. The molecule has 1 unspecified atom stereocenters. The SMILES string of the molecule is CC(C(=O)NCc1cccnc1-n1cccn1)S(C)(=O)=O. The summed E-state index contributed by atoms with van der Waals surface area (Å²) in [6.07, 6.45) is 6.04. The maximum atomic E-state index is 11.8. The van der Waals surface area contributed by atoms with Gasteiger partial charge in [-0.05, 0) is 19.1 Å². The topological polar surface area (TPSA) is 93.9 Å². The highest BCUT2D eigenvalue weighted by Gasteiger charge is 2.23. The van der Waals surface area contributed by atoms with E-state index in [2.05, 4.69) is 15.4 Å². The van der Waals surface area contributed by atoms with E-state index in [1.54, 1.807) is 41.5 Å². The Morgan fingerprint density at radius 2 is 2.14 bits per heavy atom. The molecule has 2 aromatic heterocycles. The van der Waals surface area contributed by atoms with Gasteiger partial charge >= 0.3 is 0 Å². The van der Waals surface area contributed by atoms with Crippen molar-refractivity contribution in [3.05, 3.63) is 42.4 Å². The summed E-state index contributed by atoms with van der Waals surface area (Å²) in [7, 11) is -3.40. The van der Waals surface area contributed by atoms with Crippen molar-refractivity contribution >= 4 is 15.7 Å². The molecule has 1 amide bonds. The van der Waals surface area contributed by atoms with Crippen LogP contribution in [0.15, 0.2) is 36.8 Å². The molecule has 0 saturated carbocycles. The number of nitrogens with one attached hydrogen (secondary N) is 1. The fraction of sp³-hybridized carbons (Fsp3) is 0.308. The summed E-state index contributed by atoms with van der Waals surface area (Å²) in [4.78, 5) is 16.1. The van der Waals surface area contributed by atoms with Crippen molar-refractivity contribution in [3.63, 3.8) is 0 Å². The number of amides is 1. The largest absolute Gasteiger partial charge is 0.351 e. The van der Waals surface area contributed by atoms with Crippen molar-refractivity contribution in [1.29, 1.82) is 0 Å². The first-order chi connectivity index (χ1) is 9.89. The van der Waals surface area contributed by atoms with Gasteiger partial charge in [0.15, 0.2) is 15.7 Å². The van der Waals surface area contributed by atoms with Crippen LogP contribution >= 0.6 is 0 Å². The van der Waals surface area contributed by atoms with E-state index >= 15 is 0 Å². The number of aromatic nitrogens is 3. The standard InChI is InChI=1S/C13H16N4O3S/c1-10(21(2,19)20)13(18)15-9-11-5-3-6-14-12(11)17-8-4-7-16-17/h3-8,10H,9H2,1-2H3,(H,15,18). The van der Waals surface area contributed by atoms with Crippen LogP contribution in [0.2, 0.25) is 0 Å². The second-order valence-electron chi connectivity index (χ2n) is 4.63. The molecule has 0 aliphatic heterocycles. The third kappa shape index (κ3) is 3.66. The monoisotopic (exact) mass is 308 g/mol. The zero-order valence-corrected chi connectivity index (χ0v) is 12.5. The average Bonchev–Trinajstić information content (AvgIpc) is 2.97. The Morgan fingerprint density at radius 3 is 2.76 bits per heavy atom. The van der Waals surface area contributed by atoms with E-state index in [1.165, 1.54) is 6.92 Å². The van der Waals surface area contributed by atoms with Gasteiger partial charge in [0, 0.05) is 37.0 Å². The minimum absolute atomic E-state index is 0.182. The smallest absolute Gasteiger partial charge is 0.238 e. The maximum Gasteiger partial charge on any atom is 0.238 e. The molecule has 21 heavy (non-hydrogen) atoms. The fourth-order valence-corrected chi connectivity index (χ4v) is 2.16. The molecule has 2 aromatic rings. The van der Waals surface area contributed by atoms with Gasteiger partial charge < -0.3 is 5.32 Å². The van der Waals surface area contributed by atoms with Crippen molar-refractivity contribution in [2.24, 2.45) is 0 Å². The summed E-state index contributed by atoms with van der Waals surface area (Å²) in [5, 5.41) is 5.62. The summed E-state index contributed by atoms with van der Waals surface area (Å²) in [5.41, 5.74) is 0.746. The molecule has 7 nitrogen and oxygen atoms in total. The molecule has 8 heteroatoms. The molecule has 0 saturated heterocycles. The van der Waals surface area contributed by atoms with Crippen LogP contribution < -0.4 is 5.32 Å². The number of hydrogen-bond acceptors (Lipinski definition) is 5. The van der Waals surface area contributed by atoms with E-state index in [1.807, 2.05) is 0 Å². The number of pyridine rings is 1. The molecule has 0 aliphatic carbocycles. The van der Waals surface area contributed by atoms with Gasteiger partial charge in [-0.2, -0.15) is 5.10 Å². The van der Waals surface area contributed by atoms with Gasteiger partial charge in [0.1, 0.15) is 5.25 Å². The molecule has 0 aromatic carbocycles. The Hall–Kier alpha value is -2.22. The average molecular weight is 308 g/mol. The first-order valence-corrected chi connectivity index (χ1v) is 8.25. The molecule has 2 heterocycles. The van der Waals surface area contributed by atoms with Crippen LogP contribution in [0, 0.1) is 0 Å². The lowest BCUT2D eigenvalue weighted by atomic mass is 10.2. The highest BCUT2D eigenvalue weighted by Crippen LogP contribution is 2.10. The first kappa shape index (κ1) is 15.2. The predicted octanol–water partition coefficient (Wildman–Crippen LogP) is 0.317. The van der Waals surface area contributed by atoms with Crippen LogP contribution in [0.3, 0.4) is 0 Å². The van der Waals surface area contributed by atoms with E-state index in [0.29, 0.717) is 5.82 Å².